The Morgan fingerprint density at radius 3 is 2.79 bits per heavy atom. The number of aromatic nitrogens is 3. The Hall–Kier alpha value is -2.67. The fourth-order valence-corrected chi connectivity index (χ4v) is 3.80. The highest BCUT2D eigenvalue weighted by Gasteiger charge is 2.21. The number of aryl methyl sites for hydroxylation is 3. The summed E-state index contributed by atoms with van der Waals surface area (Å²) in [6.45, 7) is 5.76. The first kappa shape index (κ1) is 19.6. The SMILES string of the molecule is Cc1ccc(Cl)cc1NC(=O)CCc1nc(N2CCCCC2)c2c(C)noc2n1. The number of anilines is 2. The lowest BCUT2D eigenvalue weighted by Crippen LogP contribution is -2.30. The van der Waals surface area contributed by atoms with Crippen LogP contribution in [0.25, 0.3) is 11.1 Å². The lowest BCUT2D eigenvalue weighted by Gasteiger charge is -2.28. The Morgan fingerprint density at radius 1 is 1.21 bits per heavy atom. The molecular formula is C21H24ClN5O2. The number of nitrogens with one attached hydrogen (secondary N) is 1. The summed E-state index contributed by atoms with van der Waals surface area (Å²) in [4.78, 5) is 24.0. The zero-order valence-corrected chi connectivity index (χ0v) is 17.4. The summed E-state index contributed by atoms with van der Waals surface area (Å²) in [5.74, 6) is 1.36. The second-order valence-corrected chi connectivity index (χ2v) is 7.90. The number of nitrogens with zero attached hydrogens (tertiary/aromatic N) is 4. The van der Waals surface area contributed by atoms with Crippen molar-refractivity contribution in [2.24, 2.45) is 0 Å². The average Bonchev–Trinajstić information content (AvgIpc) is 3.10. The van der Waals surface area contributed by atoms with Crippen LogP contribution in [0, 0.1) is 13.8 Å². The molecule has 8 heteroatoms. The highest BCUT2D eigenvalue weighted by molar-refractivity contribution is 6.31. The van der Waals surface area contributed by atoms with Crippen molar-refractivity contribution in [1.82, 2.24) is 15.1 Å². The topological polar surface area (TPSA) is 84.2 Å². The van der Waals surface area contributed by atoms with Gasteiger partial charge in [-0.2, -0.15) is 4.98 Å². The molecule has 0 spiro atoms. The molecule has 29 heavy (non-hydrogen) atoms. The van der Waals surface area contributed by atoms with E-state index in [9.17, 15) is 4.79 Å². The molecule has 1 fully saturated rings. The number of carbonyl (C=O) groups excluding carboxylic acids is 1. The van der Waals surface area contributed by atoms with E-state index in [0.717, 1.165) is 54.1 Å². The highest BCUT2D eigenvalue weighted by Crippen LogP contribution is 2.29. The fraction of sp³-hybridized carbons (Fsp3) is 0.429. The first-order chi connectivity index (χ1) is 14.0. The van der Waals surface area contributed by atoms with Gasteiger partial charge in [-0.25, -0.2) is 4.98 Å². The molecule has 1 aliphatic heterocycles. The van der Waals surface area contributed by atoms with Crippen molar-refractivity contribution < 1.29 is 9.32 Å². The molecule has 2 aromatic heterocycles. The summed E-state index contributed by atoms with van der Waals surface area (Å²) in [5, 5.41) is 8.44. The second-order valence-electron chi connectivity index (χ2n) is 7.47. The Balaban J connectivity index is 1.52. The molecular weight excluding hydrogens is 390 g/mol. The Labute approximate surface area is 174 Å². The minimum atomic E-state index is -0.104. The van der Waals surface area contributed by atoms with Gasteiger partial charge in [-0.3, -0.25) is 4.79 Å². The van der Waals surface area contributed by atoms with Gasteiger partial charge in [0.05, 0.1) is 5.69 Å². The third-order valence-corrected chi connectivity index (χ3v) is 5.47. The molecule has 7 nitrogen and oxygen atoms in total. The number of amides is 1. The van der Waals surface area contributed by atoms with Gasteiger partial charge in [-0.15, -0.1) is 0 Å². The van der Waals surface area contributed by atoms with Gasteiger partial charge in [-0.1, -0.05) is 22.8 Å². The van der Waals surface area contributed by atoms with Gasteiger partial charge in [0.1, 0.15) is 17.0 Å². The van der Waals surface area contributed by atoms with Gasteiger partial charge in [0, 0.05) is 36.6 Å². The van der Waals surface area contributed by atoms with Crippen molar-refractivity contribution in [3.8, 4) is 0 Å². The average molecular weight is 414 g/mol. The van der Waals surface area contributed by atoms with Crippen LogP contribution in [-0.2, 0) is 11.2 Å². The van der Waals surface area contributed by atoms with Gasteiger partial charge in [-0.05, 0) is 50.8 Å². The molecule has 1 N–H and O–H groups in total. The quantitative estimate of drug-likeness (QED) is 0.665. The lowest BCUT2D eigenvalue weighted by molar-refractivity contribution is -0.116. The van der Waals surface area contributed by atoms with Gasteiger partial charge >= 0.3 is 0 Å². The van der Waals surface area contributed by atoms with Crippen molar-refractivity contribution in [3.63, 3.8) is 0 Å². The van der Waals surface area contributed by atoms with E-state index in [0.29, 0.717) is 23.0 Å². The summed E-state index contributed by atoms with van der Waals surface area (Å²) in [6, 6.07) is 5.44. The van der Waals surface area contributed by atoms with E-state index in [1.165, 1.54) is 6.42 Å². The van der Waals surface area contributed by atoms with Crippen LogP contribution in [0.5, 0.6) is 0 Å². The molecule has 0 radical (unpaired) electrons. The lowest BCUT2D eigenvalue weighted by atomic mass is 10.1. The number of piperidine rings is 1. The van der Waals surface area contributed by atoms with Crippen LogP contribution in [-0.4, -0.2) is 34.1 Å². The molecule has 3 heterocycles. The number of carbonyl (C=O) groups is 1. The third kappa shape index (κ3) is 4.34. The zero-order valence-electron chi connectivity index (χ0n) is 16.7. The van der Waals surface area contributed by atoms with Crippen LogP contribution in [0.1, 0.15) is 42.8 Å². The number of benzene rings is 1. The molecule has 1 amide bonds. The minimum absolute atomic E-state index is 0.104. The largest absolute Gasteiger partial charge is 0.356 e. The predicted molar refractivity (Wildman–Crippen MR) is 114 cm³/mol. The number of halogens is 1. The van der Waals surface area contributed by atoms with E-state index < -0.39 is 0 Å². The summed E-state index contributed by atoms with van der Waals surface area (Å²) < 4.78 is 5.41. The number of fused-ring (bicyclic) bond motifs is 1. The summed E-state index contributed by atoms with van der Waals surface area (Å²) in [5.41, 5.74) is 2.96. The van der Waals surface area contributed by atoms with E-state index in [2.05, 4.69) is 20.4 Å². The zero-order chi connectivity index (χ0) is 20.4. The maximum absolute atomic E-state index is 12.4. The summed E-state index contributed by atoms with van der Waals surface area (Å²) >= 11 is 6.03. The smallest absolute Gasteiger partial charge is 0.263 e. The molecule has 152 valence electrons. The number of hydrogen-bond donors (Lipinski definition) is 1. The maximum Gasteiger partial charge on any atom is 0.263 e. The molecule has 3 aromatic rings. The van der Waals surface area contributed by atoms with Gasteiger partial charge in [0.15, 0.2) is 0 Å². The highest BCUT2D eigenvalue weighted by atomic mass is 35.5. The molecule has 0 saturated carbocycles. The molecule has 0 unspecified atom stereocenters. The maximum atomic E-state index is 12.4. The van der Waals surface area contributed by atoms with Crippen LogP contribution in [0.4, 0.5) is 11.5 Å². The summed E-state index contributed by atoms with van der Waals surface area (Å²) in [6.07, 6.45) is 4.22. The monoisotopic (exact) mass is 413 g/mol. The van der Waals surface area contributed by atoms with Crippen molar-refractivity contribution >= 4 is 40.1 Å². The van der Waals surface area contributed by atoms with E-state index in [1.54, 1.807) is 12.1 Å². The third-order valence-electron chi connectivity index (χ3n) is 5.24. The number of rotatable bonds is 5. The van der Waals surface area contributed by atoms with Crippen molar-refractivity contribution in [3.05, 3.63) is 40.3 Å². The van der Waals surface area contributed by atoms with Crippen LogP contribution < -0.4 is 10.2 Å². The van der Waals surface area contributed by atoms with Gasteiger partial charge in [0.2, 0.25) is 5.91 Å². The summed E-state index contributed by atoms with van der Waals surface area (Å²) in [7, 11) is 0. The first-order valence-electron chi connectivity index (χ1n) is 9.95. The van der Waals surface area contributed by atoms with Crippen molar-refractivity contribution in [2.45, 2.75) is 46.0 Å². The van der Waals surface area contributed by atoms with Crippen molar-refractivity contribution in [1.29, 1.82) is 0 Å². The second kappa shape index (κ2) is 8.37. The molecule has 1 saturated heterocycles. The number of hydrogen-bond acceptors (Lipinski definition) is 6. The first-order valence-corrected chi connectivity index (χ1v) is 10.3. The molecule has 0 atom stereocenters. The molecule has 4 rings (SSSR count). The molecule has 1 aliphatic rings. The van der Waals surface area contributed by atoms with Crippen LogP contribution >= 0.6 is 11.6 Å². The molecule has 0 bridgehead atoms. The normalized spacial score (nSPS) is 14.4. The Morgan fingerprint density at radius 2 is 2.00 bits per heavy atom. The Kier molecular flexibility index (Phi) is 5.67. The minimum Gasteiger partial charge on any atom is -0.356 e. The van der Waals surface area contributed by atoms with E-state index in [4.69, 9.17) is 21.1 Å². The fourth-order valence-electron chi connectivity index (χ4n) is 3.63. The van der Waals surface area contributed by atoms with E-state index in [-0.39, 0.29) is 12.3 Å². The van der Waals surface area contributed by atoms with Gasteiger partial charge < -0.3 is 14.7 Å². The van der Waals surface area contributed by atoms with Crippen LogP contribution in [0.2, 0.25) is 5.02 Å². The molecule has 1 aromatic carbocycles. The molecule has 0 aliphatic carbocycles. The van der Waals surface area contributed by atoms with E-state index >= 15 is 0 Å². The standard InChI is InChI=1S/C21H24ClN5O2/c1-13-6-7-15(22)12-16(13)23-18(28)9-8-17-24-20(27-10-4-3-5-11-27)19-14(2)26-29-21(19)25-17/h6-7,12H,3-5,8-11H2,1-2H3,(H,23,28). The van der Waals surface area contributed by atoms with Crippen molar-refractivity contribution in [2.75, 3.05) is 23.3 Å². The van der Waals surface area contributed by atoms with Gasteiger partial charge in [0.25, 0.3) is 5.71 Å². The van der Waals surface area contributed by atoms with E-state index in [1.807, 2.05) is 19.9 Å². The Bertz CT molecular complexity index is 1040. The predicted octanol–water partition coefficient (Wildman–Crippen LogP) is 4.45. The van der Waals surface area contributed by atoms with Crippen LogP contribution in [0.15, 0.2) is 22.7 Å². The van der Waals surface area contributed by atoms with Crippen LogP contribution in [0.3, 0.4) is 0 Å².